The summed E-state index contributed by atoms with van der Waals surface area (Å²) in [6.45, 7) is 2.63. The lowest BCUT2D eigenvalue weighted by Crippen LogP contribution is -2.31. The number of benzene rings is 1. The number of hydrogen-bond donors (Lipinski definition) is 2. The molecule has 0 spiro atoms. The van der Waals surface area contributed by atoms with Gasteiger partial charge in [-0.3, -0.25) is 0 Å². The van der Waals surface area contributed by atoms with Crippen molar-refractivity contribution in [2.24, 2.45) is 5.73 Å². The predicted molar refractivity (Wildman–Crippen MR) is 65.5 cm³/mol. The normalized spacial score (nSPS) is 10.4. The summed E-state index contributed by atoms with van der Waals surface area (Å²) < 4.78 is 5.06. The highest BCUT2D eigenvalue weighted by Crippen LogP contribution is 2.19. The van der Waals surface area contributed by atoms with E-state index in [2.05, 4.69) is 4.90 Å². The van der Waals surface area contributed by atoms with Crippen LogP contribution in [0.1, 0.15) is 5.56 Å². The molecule has 0 aliphatic rings. The molecule has 1 aromatic carbocycles. The van der Waals surface area contributed by atoms with Gasteiger partial charge in [-0.25, -0.2) is 0 Å². The second kappa shape index (κ2) is 7.22. The topological polar surface area (TPSA) is 58.7 Å². The minimum absolute atomic E-state index is 0.128. The van der Waals surface area contributed by atoms with Crippen LogP contribution in [-0.4, -0.2) is 38.5 Å². The molecule has 4 nitrogen and oxygen atoms in total. The predicted octanol–water partition coefficient (Wildman–Crippen LogP) is 0.590. The highest BCUT2D eigenvalue weighted by molar-refractivity contribution is 5.53. The zero-order valence-electron chi connectivity index (χ0n) is 9.72. The Bertz CT molecular complexity index is 305. The standard InChI is InChI=1S/C12H20N2O2/c1-16-9-7-14(6-8-15)12-5-3-2-4-11(12)10-13/h2-5,15H,6-10,13H2,1H3. The maximum atomic E-state index is 9.05. The van der Waals surface area contributed by atoms with E-state index in [4.69, 9.17) is 15.6 Å². The fourth-order valence-electron chi connectivity index (χ4n) is 1.67. The Kier molecular flexibility index (Phi) is 5.85. The molecule has 90 valence electrons. The van der Waals surface area contributed by atoms with Crippen LogP contribution >= 0.6 is 0 Å². The van der Waals surface area contributed by atoms with E-state index in [0.717, 1.165) is 17.8 Å². The van der Waals surface area contributed by atoms with Crippen LogP contribution < -0.4 is 10.6 Å². The van der Waals surface area contributed by atoms with Crippen molar-refractivity contribution in [1.29, 1.82) is 0 Å². The molecule has 1 aromatic rings. The second-order valence-electron chi connectivity index (χ2n) is 3.54. The van der Waals surface area contributed by atoms with E-state index < -0.39 is 0 Å². The molecular weight excluding hydrogens is 204 g/mol. The van der Waals surface area contributed by atoms with Crippen molar-refractivity contribution in [2.45, 2.75) is 6.54 Å². The summed E-state index contributed by atoms with van der Waals surface area (Å²) in [5.41, 5.74) is 7.86. The molecule has 0 fully saturated rings. The summed E-state index contributed by atoms with van der Waals surface area (Å²) >= 11 is 0. The van der Waals surface area contributed by atoms with Crippen molar-refractivity contribution in [3.05, 3.63) is 29.8 Å². The highest BCUT2D eigenvalue weighted by Gasteiger charge is 2.08. The van der Waals surface area contributed by atoms with Gasteiger partial charge in [-0.15, -0.1) is 0 Å². The maximum Gasteiger partial charge on any atom is 0.0637 e. The number of hydrogen-bond acceptors (Lipinski definition) is 4. The highest BCUT2D eigenvalue weighted by atomic mass is 16.5. The van der Waals surface area contributed by atoms with E-state index in [1.165, 1.54) is 0 Å². The van der Waals surface area contributed by atoms with E-state index in [1.807, 2.05) is 24.3 Å². The Morgan fingerprint density at radius 2 is 2.06 bits per heavy atom. The summed E-state index contributed by atoms with van der Waals surface area (Å²) in [6, 6.07) is 7.98. The van der Waals surface area contributed by atoms with Crippen molar-refractivity contribution < 1.29 is 9.84 Å². The quantitative estimate of drug-likeness (QED) is 0.711. The molecule has 3 N–H and O–H groups in total. The lowest BCUT2D eigenvalue weighted by Gasteiger charge is -2.25. The first kappa shape index (κ1) is 13.0. The van der Waals surface area contributed by atoms with Crippen LogP contribution in [0.15, 0.2) is 24.3 Å². The van der Waals surface area contributed by atoms with Crippen LogP contribution in [0.2, 0.25) is 0 Å². The Morgan fingerprint density at radius 3 is 2.69 bits per heavy atom. The molecule has 1 rings (SSSR count). The number of nitrogens with two attached hydrogens (primary N) is 1. The third-order valence-corrected chi connectivity index (χ3v) is 2.49. The summed E-state index contributed by atoms with van der Waals surface area (Å²) in [5, 5.41) is 9.05. The van der Waals surface area contributed by atoms with Gasteiger partial charge in [-0.05, 0) is 11.6 Å². The van der Waals surface area contributed by atoms with E-state index in [-0.39, 0.29) is 6.61 Å². The number of para-hydroxylation sites is 1. The molecular formula is C12H20N2O2. The maximum absolute atomic E-state index is 9.05. The smallest absolute Gasteiger partial charge is 0.0637 e. The second-order valence-corrected chi connectivity index (χ2v) is 3.54. The number of rotatable bonds is 7. The van der Waals surface area contributed by atoms with Gasteiger partial charge in [0.1, 0.15) is 0 Å². The van der Waals surface area contributed by atoms with Crippen molar-refractivity contribution in [1.82, 2.24) is 0 Å². The van der Waals surface area contributed by atoms with Gasteiger partial charge in [0.15, 0.2) is 0 Å². The molecule has 0 heterocycles. The van der Waals surface area contributed by atoms with E-state index in [9.17, 15) is 0 Å². The Balaban J connectivity index is 2.81. The van der Waals surface area contributed by atoms with E-state index >= 15 is 0 Å². The number of nitrogens with zero attached hydrogens (tertiary/aromatic N) is 1. The first-order valence-electron chi connectivity index (χ1n) is 5.46. The number of anilines is 1. The molecule has 16 heavy (non-hydrogen) atoms. The number of aliphatic hydroxyl groups is 1. The largest absolute Gasteiger partial charge is 0.395 e. The van der Waals surface area contributed by atoms with Crippen molar-refractivity contribution in [2.75, 3.05) is 38.3 Å². The van der Waals surface area contributed by atoms with Gasteiger partial charge in [0.05, 0.1) is 13.2 Å². The molecule has 0 aromatic heterocycles. The van der Waals surface area contributed by atoms with Gasteiger partial charge in [0, 0.05) is 32.4 Å². The summed E-state index contributed by atoms with van der Waals surface area (Å²) in [4.78, 5) is 2.09. The van der Waals surface area contributed by atoms with E-state index in [1.54, 1.807) is 7.11 Å². The average Bonchev–Trinajstić information content (AvgIpc) is 2.34. The number of ether oxygens (including phenoxy) is 1. The van der Waals surface area contributed by atoms with Crippen LogP contribution in [0.4, 0.5) is 5.69 Å². The van der Waals surface area contributed by atoms with Gasteiger partial charge < -0.3 is 20.5 Å². The monoisotopic (exact) mass is 224 g/mol. The third kappa shape index (κ3) is 3.48. The zero-order chi connectivity index (χ0) is 11.8. The molecule has 0 saturated heterocycles. The minimum Gasteiger partial charge on any atom is -0.395 e. The molecule has 0 atom stereocenters. The summed E-state index contributed by atoms with van der Waals surface area (Å²) in [5.74, 6) is 0. The van der Waals surface area contributed by atoms with Crippen LogP contribution in [0.25, 0.3) is 0 Å². The van der Waals surface area contributed by atoms with Gasteiger partial charge in [0.25, 0.3) is 0 Å². The molecule has 0 amide bonds. The minimum atomic E-state index is 0.128. The molecule has 4 heteroatoms. The van der Waals surface area contributed by atoms with Crippen LogP contribution in [0.3, 0.4) is 0 Å². The molecule has 0 radical (unpaired) electrons. The van der Waals surface area contributed by atoms with Gasteiger partial charge in [0.2, 0.25) is 0 Å². The van der Waals surface area contributed by atoms with Crippen molar-refractivity contribution >= 4 is 5.69 Å². The SMILES string of the molecule is COCCN(CCO)c1ccccc1CN. The van der Waals surface area contributed by atoms with Gasteiger partial charge in [-0.2, -0.15) is 0 Å². The van der Waals surface area contributed by atoms with Crippen molar-refractivity contribution in [3.63, 3.8) is 0 Å². The lowest BCUT2D eigenvalue weighted by molar-refractivity contribution is 0.203. The molecule has 0 bridgehead atoms. The number of methoxy groups -OCH3 is 1. The van der Waals surface area contributed by atoms with Crippen LogP contribution in [0.5, 0.6) is 0 Å². The van der Waals surface area contributed by atoms with Crippen LogP contribution in [0, 0.1) is 0 Å². The number of aliphatic hydroxyl groups excluding tert-OH is 1. The summed E-state index contributed by atoms with van der Waals surface area (Å²) in [7, 11) is 1.67. The zero-order valence-corrected chi connectivity index (χ0v) is 9.72. The average molecular weight is 224 g/mol. The van der Waals surface area contributed by atoms with Gasteiger partial charge in [-0.1, -0.05) is 18.2 Å². The third-order valence-electron chi connectivity index (χ3n) is 2.49. The van der Waals surface area contributed by atoms with Gasteiger partial charge >= 0.3 is 0 Å². The van der Waals surface area contributed by atoms with E-state index in [0.29, 0.717) is 19.7 Å². The molecule has 0 unspecified atom stereocenters. The first-order valence-corrected chi connectivity index (χ1v) is 5.46. The van der Waals surface area contributed by atoms with Crippen molar-refractivity contribution in [3.8, 4) is 0 Å². The van der Waals surface area contributed by atoms with Crippen LogP contribution in [-0.2, 0) is 11.3 Å². The Morgan fingerprint density at radius 1 is 1.31 bits per heavy atom. The fraction of sp³-hybridized carbons (Fsp3) is 0.500. The molecule has 0 aliphatic carbocycles. The first-order chi connectivity index (χ1) is 7.83. The lowest BCUT2D eigenvalue weighted by atomic mass is 10.1. The Labute approximate surface area is 96.6 Å². The fourth-order valence-corrected chi connectivity index (χ4v) is 1.67. The molecule has 0 aliphatic heterocycles. The summed E-state index contributed by atoms with van der Waals surface area (Å²) in [6.07, 6.45) is 0. The molecule has 0 saturated carbocycles. The Hall–Kier alpha value is -1.10.